The molecule has 0 aliphatic rings. The summed E-state index contributed by atoms with van der Waals surface area (Å²) in [6.45, 7) is 1.94. The molecule has 1 heterocycles. The molecule has 5 heteroatoms. The Bertz CT molecular complexity index is 515. The third kappa shape index (κ3) is 1.50. The van der Waals surface area contributed by atoms with Crippen molar-refractivity contribution < 1.29 is 0 Å². The predicted octanol–water partition coefficient (Wildman–Crippen LogP) is 1.63. The lowest BCUT2D eigenvalue weighted by Crippen LogP contribution is -2.14. The largest absolute Gasteiger partial charge is 0.347 e. The first-order chi connectivity index (χ1) is 6.68. The van der Waals surface area contributed by atoms with Crippen molar-refractivity contribution in [3.05, 3.63) is 45.0 Å². The molecule has 2 rings (SSSR count). The lowest BCUT2D eigenvalue weighted by molar-refractivity contribution is 0.972. The van der Waals surface area contributed by atoms with E-state index in [1.54, 1.807) is 0 Å². The molecule has 0 aliphatic carbocycles. The van der Waals surface area contributed by atoms with E-state index in [1.165, 1.54) is 10.9 Å². The Hall–Kier alpha value is -1.36. The molecule has 0 unspecified atom stereocenters. The standard InChI is InChI=1S/C9H8BrN3O/c1-6-4-7(10)2-3-8(6)13-5-11-12-9(13)14/h2-5H,1H3,(H,12,14). The molecule has 1 N–H and O–H groups in total. The van der Waals surface area contributed by atoms with Crippen LogP contribution >= 0.6 is 15.9 Å². The fourth-order valence-electron chi connectivity index (χ4n) is 1.31. The summed E-state index contributed by atoms with van der Waals surface area (Å²) < 4.78 is 2.47. The number of halogens is 1. The Morgan fingerprint density at radius 3 is 2.86 bits per heavy atom. The first kappa shape index (κ1) is 9.21. The number of nitrogens with one attached hydrogen (secondary N) is 1. The zero-order valence-electron chi connectivity index (χ0n) is 7.49. The lowest BCUT2D eigenvalue weighted by atomic mass is 10.2. The van der Waals surface area contributed by atoms with Gasteiger partial charge in [0.05, 0.1) is 5.69 Å². The van der Waals surface area contributed by atoms with Gasteiger partial charge in [0.15, 0.2) is 0 Å². The lowest BCUT2D eigenvalue weighted by Gasteiger charge is -2.04. The molecule has 0 atom stereocenters. The van der Waals surface area contributed by atoms with Gasteiger partial charge in [-0.2, -0.15) is 5.10 Å². The average molecular weight is 254 g/mol. The van der Waals surface area contributed by atoms with Crippen molar-refractivity contribution in [2.24, 2.45) is 0 Å². The maximum atomic E-state index is 11.3. The van der Waals surface area contributed by atoms with Crippen LogP contribution in [0, 0.1) is 6.92 Å². The Morgan fingerprint density at radius 1 is 1.50 bits per heavy atom. The smallest absolute Gasteiger partial charge is 0.250 e. The van der Waals surface area contributed by atoms with Crippen LogP contribution in [-0.4, -0.2) is 14.8 Å². The summed E-state index contributed by atoms with van der Waals surface area (Å²) in [7, 11) is 0. The first-order valence-electron chi connectivity index (χ1n) is 4.07. The normalized spacial score (nSPS) is 10.4. The quantitative estimate of drug-likeness (QED) is 0.840. The van der Waals surface area contributed by atoms with Gasteiger partial charge in [-0.05, 0) is 30.7 Å². The zero-order chi connectivity index (χ0) is 10.1. The summed E-state index contributed by atoms with van der Waals surface area (Å²) >= 11 is 3.37. The van der Waals surface area contributed by atoms with Crippen LogP contribution in [0.15, 0.2) is 33.8 Å². The molecular formula is C9H8BrN3O. The van der Waals surface area contributed by atoms with Crippen molar-refractivity contribution in [1.82, 2.24) is 14.8 Å². The van der Waals surface area contributed by atoms with E-state index < -0.39 is 0 Å². The van der Waals surface area contributed by atoms with Crippen LogP contribution in [0.2, 0.25) is 0 Å². The van der Waals surface area contributed by atoms with Gasteiger partial charge in [0.1, 0.15) is 6.33 Å². The van der Waals surface area contributed by atoms with Crippen LogP contribution < -0.4 is 5.69 Å². The van der Waals surface area contributed by atoms with Gasteiger partial charge < -0.3 is 0 Å². The second kappa shape index (κ2) is 3.42. The fourth-order valence-corrected chi connectivity index (χ4v) is 1.78. The molecule has 0 spiro atoms. The molecule has 72 valence electrons. The molecule has 0 saturated heterocycles. The summed E-state index contributed by atoms with van der Waals surface area (Å²) in [4.78, 5) is 11.3. The number of aromatic nitrogens is 3. The summed E-state index contributed by atoms with van der Waals surface area (Å²) in [5.74, 6) is 0. The van der Waals surface area contributed by atoms with Crippen LogP contribution in [0.3, 0.4) is 0 Å². The van der Waals surface area contributed by atoms with Gasteiger partial charge in [-0.3, -0.25) is 0 Å². The highest BCUT2D eigenvalue weighted by atomic mass is 79.9. The van der Waals surface area contributed by atoms with Crippen molar-refractivity contribution in [2.45, 2.75) is 6.92 Å². The minimum Gasteiger partial charge on any atom is -0.250 e. The molecule has 0 saturated carbocycles. The Labute approximate surface area is 88.7 Å². The van der Waals surface area contributed by atoms with E-state index in [9.17, 15) is 4.79 Å². The molecule has 2 aromatic rings. The molecule has 0 aliphatic heterocycles. The summed E-state index contributed by atoms with van der Waals surface area (Å²) in [6, 6.07) is 5.72. The number of H-pyrrole nitrogens is 1. The zero-order valence-corrected chi connectivity index (χ0v) is 9.08. The molecular weight excluding hydrogens is 246 g/mol. The minimum absolute atomic E-state index is 0.226. The number of benzene rings is 1. The Kier molecular flexibility index (Phi) is 2.25. The van der Waals surface area contributed by atoms with Gasteiger partial charge in [0, 0.05) is 4.47 Å². The van der Waals surface area contributed by atoms with E-state index in [4.69, 9.17) is 0 Å². The second-order valence-corrected chi connectivity index (χ2v) is 3.88. The van der Waals surface area contributed by atoms with E-state index in [-0.39, 0.29) is 5.69 Å². The van der Waals surface area contributed by atoms with E-state index in [0.717, 1.165) is 15.7 Å². The van der Waals surface area contributed by atoms with Gasteiger partial charge >= 0.3 is 5.69 Å². The molecule has 0 radical (unpaired) electrons. The molecule has 4 nitrogen and oxygen atoms in total. The number of rotatable bonds is 1. The van der Waals surface area contributed by atoms with E-state index in [1.807, 2.05) is 25.1 Å². The van der Waals surface area contributed by atoms with Gasteiger partial charge in [0.2, 0.25) is 0 Å². The highest BCUT2D eigenvalue weighted by molar-refractivity contribution is 9.10. The highest BCUT2D eigenvalue weighted by Gasteiger charge is 2.04. The summed E-state index contributed by atoms with van der Waals surface area (Å²) in [6.07, 6.45) is 1.47. The monoisotopic (exact) mass is 253 g/mol. The van der Waals surface area contributed by atoms with Crippen molar-refractivity contribution in [2.75, 3.05) is 0 Å². The SMILES string of the molecule is Cc1cc(Br)ccc1-n1cn[nH]c1=O. The van der Waals surface area contributed by atoms with Crippen molar-refractivity contribution in [1.29, 1.82) is 0 Å². The molecule has 14 heavy (non-hydrogen) atoms. The number of hydrogen-bond acceptors (Lipinski definition) is 2. The van der Waals surface area contributed by atoms with Gasteiger partial charge in [-0.1, -0.05) is 15.9 Å². The molecule has 0 amide bonds. The fraction of sp³-hybridized carbons (Fsp3) is 0.111. The maximum absolute atomic E-state index is 11.3. The number of aryl methyl sites for hydroxylation is 1. The Balaban J connectivity index is 2.63. The number of nitrogens with zero attached hydrogens (tertiary/aromatic N) is 2. The van der Waals surface area contributed by atoms with Crippen LogP contribution in [-0.2, 0) is 0 Å². The molecule has 0 fully saturated rings. The molecule has 0 bridgehead atoms. The topological polar surface area (TPSA) is 50.7 Å². The predicted molar refractivity (Wildman–Crippen MR) is 56.6 cm³/mol. The third-order valence-electron chi connectivity index (χ3n) is 1.97. The van der Waals surface area contributed by atoms with Crippen molar-refractivity contribution >= 4 is 15.9 Å². The Morgan fingerprint density at radius 2 is 2.29 bits per heavy atom. The van der Waals surface area contributed by atoms with Gasteiger partial charge in [0.25, 0.3) is 0 Å². The first-order valence-corrected chi connectivity index (χ1v) is 4.86. The summed E-state index contributed by atoms with van der Waals surface area (Å²) in [5, 5.41) is 6.03. The minimum atomic E-state index is -0.226. The average Bonchev–Trinajstić information content (AvgIpc) is 2.52. The third-order valence-corrected chi connectivity index (χ3v) is 2.46. The molecule has 1 aromatic carbocycles. The van der Waals surface area contributed by atoms with Crippen LogP contribution in [0.1, 0.15) is 5.56 Å². The van der Waals surface area contributed by atoms with Gasteiger partial charge in [-0.25, -0.2) is 14.5 Å². The van der Waals surface area contributed by atoms with E-state index in [0.29, 0.717) is 0 Å². The highest BCUT2D eigenvalue weighted by Crippen LogP contribution is 2.17. The number of aromatic amines is 1. The van der Waals surface area contributed by atoms with E-state index >= 15 is 0 Å². The second-order valence-electron chi connectivity index (χ2n) is 2.96. The van der Waals surface area contributed by atoms with Gasteiger partial charge in [-0.15, -0.1) is 0 Å². The van der Waals surface area contributed by atoms with Crippen molar-refractivity contribution in [3.8, 4) is 5.69 Å². The number of hydrogen-bond donors (Lipinski definition) is 1. The van der Waals surface area contributed by atoms with Crippen LogP contribution in [0.4, 0.5) is 0 Å². The summed E-state index contributed by atoms with van der Waals surface area (Å²) in [5.41, 5.74) is 1.63. The van der Waals surface area contributed by atoms with E-state index in [2.05, 4.69) is 26.1 Å². The maximum Gasteiger partial charge on any atom is 0.347 e. The van der Waals surface area contributed by atoms with Crippen LogP contribution in [0.25, 0.3) is 5.69 Å². The van der Waals surface area contributed by atoms with Crippen molar-refractivity contribution in [3.63, 3.8) is 0 Å². The molecule has 1 aromatic heterocycles. The van der Waals surface area contributed by atoms with Crippen LogP contribution in [0.5, 0.6) is 0 Å².